The molecule has 1 heterocycles. The number of fused-ring (bicyclic) bond motifs is 1. The van der Waals surface area contributed by atoms with Crippen LogP contribution in [0.25, 0.3) is 11.0 Å². The van der Waals surface area contributed by atoms with Crippen molar-refractivity contribution in [1.82, 2.24) is 0 Å². The van der Waals surface area contributed by atoms with Gasteiger partial charge in [0, 0.05) is 6.07 Å². The maximum Gasteiger partial charge on any atom is 0.192 e. The summed E-state index contributed by atoms with van der Waals surface area (Å²) in [5.74, 6) is 0. The SMILES string of the molecule is Cc1cc(Br)c2occc(=O)c2c1. The first kappa shape index (κ1) is 8.51. The van der Waals surface area contributed by atoms with Gasteiger partial charge >= 0.3 is 0 Å². The number of rotatable bonds is 0. The van der Waals surface area contributed by atoms with E-state index in [1.54, 1.807) is 0 Å². The standard InChI is InChI=1S/C10H7BrO2/c1-6-4-7-9(12)2-3-13-10(7)8(11)5-6/h2-5H,1H3. The van der Waals surface area contributed by atoms with Gasteiger partial charge in [-0.1, -0.05) is 0 Å². The molecule has 66 valence electrons. The van der Waals surface area contributed by atoms with Crippen molar-refractivity contribution in [3.8, 4) is 0 Å². The summed E-state index contributed by atoms with van der Waals surface area (Å²) in [4.78, 5) is 11.4. The Balaban J connectivity index is 3.03. The molecule has 2 nitrogen and oxygen atoms in total. The molecule has 0 aliphatic carbocycles. The average molecular weight is 239 g/mol. The topological polar surface area (TPSA) is 30.2 Å². The molecule has 1 aromatic heterocycles. The van der Waals surface area contributed by atoms with Crippen molar-refractivity contribution >= 4 is 26.9 Å². The Morgan fingerprint density at radius 2 is 2.15 bits per heavy atom. The fraction of sp³-hybridized carbons (Fsp3) is 0.100. The van der Waals surface area contributed by atoms with Gasteiger partial charge in [-0.2, -0.15) is 0 Å². The van der Waals surface area contributed by atoms with E-state index in [1.165, 1.54) is 12.3 Å². The zero-order chi connectivity index (χ0) is 9.42. The fourth-order valence-electron chi connectivity index (χ4n) is 1.29. The van der Waals surface area contributed by atoms with Gasteiger partial charge in [-0.3, -0.25) is 4.79 Å². The quantitative estimate of drug-likeness (QED) is 0.707. The van der Waals surface area contributed by atoms with Gasteiger partial charge < -0.3 is 4.42 Å². The number of aryl methyl sites for hydroxylation is 1. The molecule has 13 heavy (non-hydrogen) atoms. The predicted octanol–water partition coefficient (Wildman–Crippen LogP) is 2.86. The van der Waals surface area contributed by atoms with Crippen molar-refractivity contribution in [2.75, 3.05) is 0 Å². The van der Waals surface area contributed by atoms with Crippen molar-refractivity contribution in [3.05, 3.63) is 44.7 Å². The minimum absolute atomic E-state index is 0.00866. The smallest absolute Gasteiger partial charge is 0.192 e. The zero-order valence-corrected chi connectivity index (χ0v) is 8.59. The lowest BCUT2D eigenvalue weighted by Crippen LogP contribution is -1.98. The summed E-state index contributed by atoms with van der Waals surface area (Å²) in [7, 11) is 0. The number of hydrogen-bond acceptors (Lipinski definition) is 2. The normalized spacial score (nSPS) is 10.6. The van der Waals surface area contributed by atoms with E-state index < -0.39 is 0 Å². The Hall–Kier alpha value is -1.09. The third kappa shape index (κ3) is 1.40. The van der Waals surface area contributed by atoms with Gasteiger partial charge in [-0.15, -0.1) is 0 Å². The third-order valence-electron chi connectivity index (χ3n) is 1.86. The number of halogens is 1. The lowest BCUT2D eigenvalue weighted by atomic mass is 10.1. The second-order valence-corrected chi connectivity index (χ2v) is 3.76. The maximum atomic E-state index is 11.4. The molecule has 0 radical (unpaired) electrons. The van der Waals surface area contributed by atoms with Crippen molar-refractivity contribution in [2.45, 2.75) is 6.92 Å². The van der Waals surface area contributed by atoms with Crippen molar-refractivity contribution in [1.29, 1.82) is 0 Å². The highest BCUT2D eigenvalue weighted by Gasteiger charge is 2.04. The molecule has 0 spiro atoms. The van der Waals surface area contributed by atoms with E-state index in [-0.39, 0.29) is 5.43 Å². The molecule has 0 atom stereocenters. The molecule has 0 N–H and O–H groups in total. The van der Waals surface area contributed by atoms with E-state index in [2.05, 4.69) is 15.9 Å². The van der Waals surface area contributed by atoms with Gasteiger partial charge in [0.05, 0.1) is 16.1 Å². The van der Waals surface area contributed by atoms with Crippen LogP contribution in [0.3, 0.4) is 0 Å². The van der Waals surface area contributed by atoms with Crippen LogP contribution in [0, 0.1) is 6.92 Å². The largest absolute Gasteiger partial charge is 0.463 e. The molecule has 2 aromatic rings. The minimum atomic E-state index is -0.00866. The molecule has 0 aliphatic rings. The monoisotopic (exact) mass is 238 g/mol. The molecule has 2 rings (SSSR count). The highest BCUT2D eigenvalue weighted by Crippen LogP contribution is 2.22. The van der Waals surface area contributed by atoms with E-state index in [4.69, 9.17) is 4.42 Å². The molecule has 0 saturated heterocycles. The van der Waals surface area contributed by atoms with Crippen LogP contribution in [0.1, 0.15) is 5.56 Å². The predicted molar refractivity (Wildman–Crippen MR) is 54.9 cm³/mol. The van der Waals surface area contributed by atoms with Gasteiger partial charge in [-0.05, 0) is 40.5 Å². The Morgan fingerprint density at radius 3 is 2.92 bits per heavy atom. The van der Waals surface area contributed by atoms with Crippen molar-refractivity contribution in [3.63, 3.8) is 0 Å². The summed E-state index contributed by atoms with van der Waals surface area (Å²) in [6.45, 7) is 1.94. The first-order valence-electron chi connectivity index (χ1n) is 3.86. The zero-order valence-electron chi connectivity index (χ0n) is 7.00. The minimum Gasteiger partial charge on any atom is -0.463 e. The summed E-state index contributed by atoms with van der Waals surface area (Å²) < 4.78 is 6.05. The van der Waals surface area contributed by atoms with E-state index in [0.717, 1.165) is 10.0 Å². The number of benzene rings is 1. The lowest BCUT2D eigenvalue weighted by molar-refractivity contribution is 0.600. The fourth-order valence-corrected chi connectivity index (χ4v) is 1.95. The van der Waals surface area contributed by atoms with Crippen molar-refractivity contribution < 1.29 is 4.42 Å². The second-order valence-electron chi connectivity index (χ2n) is 2.91. The van der Waals surface area contributed by atoms with Crippen LogP contribution in [0.4, 0.5) is 0 Å². The molecular weight excluding hydrogens is 232 g/mol. The number of hydrogen-bond donors (Lipinski definition) is 0. The van der Waals surface area contributed by atoms with Gasteiger partial charge in [0.2, 0.25) is 0 Å². The molecule has 0 aliphatic heterocycles. The molecule has 1 aromatic carbocycles. The van der Waals surface area contributed by atoms with Crippen LogP contribution in [-0.4, -0.2) is 0 Å². The summed E-state index contributed by atoms with van der Waals surface area (Å²) >= 11 is 3.35. The van der Waals surface area contributed by atoms with Crippen LogP contribution in [0.15, 0.2) is 38.1 Å². The molecule has 0 fully saturated rings. The maximum absolute atomic E-state index is 11.4. The van der Waals surface area contributed by atoms with E-state index >= 15 is 0 Å². The Morgan fingerprint density at radius 1 is 1.38 bits per heavy atom. The van der Waals surface area contributed by atoms with Gasteiger partial charge in [0.25, 0.3) is 0 Å². The summed E-state index contributed by atoms with van der Waals surface area (Å²) in [5.41, 5.74) is 1.64. The highest BCUT2D eigenvalue weighted by atomic mass is 79.9. The van der Waals surface area contributed by atoms with Gasteiger partial charge in [0.15, 0.2) is 11.0 Å². The van der Waals surface area contributed by atoms with Crippen LogP contribution >= 0.6 is 15.9 Å². The molecule has 0 unspecified atom stereocenters. The molecular formula is C10H7BrO2. The molecule has 0 amide bonds. The Bertz CT molecular complexity index is 514. The second kappa shape index (κ2) is 3.00. The van der Waals surface area contributed by atoms with Gasteiger partial charge in [0.1, 0.15) is 0 Å². The van der Waals surface area contributed by atoms with Crippen LogP contribution in [0.5, 0.6) is 0 Å². The Kier molecular flexibility index (Phi) is 1.96. The van der Waals surface area contributed by atoms with E-state index in [9.17, 15) is 4.79 Å². The van der Waals surface area contributed by atoms with Gasteiger partial charge in [-0.25, -0.2) is 0 Å². The molecule has 0 bridgehead atoms. The van der Waals surface area contributed by atoms with Crippen LogP contribution in [-0.2, 0) is 0 Å². The molecule has 3 heteroatoms. The lowest BCUT2D eigenvalue weighted by Gasteiger charge is -1.99. The van der Waals surface area contributed by atoms with E-state index in [1.807, 2.05) is 19.1 Å². The van der Waals surface area contributed by atoms with Crippen LogP contribution in [0.2, 0.25) is 0 Å². The average Bonchev–Trinajstić information content (AvgIpc) is 2.07. The first-order valence-corrected chi connectivity index (χ1v) is 4.65. The summed E-state index contributed by atoms with van der Waals surface area (Å²) in [5, 5.41) is 0.620. The summed E-state index contributed by atoms with van der Waals surface area (Å²) in [6, 6.07) is 5.17. The van der Waals surface area contributed by atoms with Crippen molar-refractivity contribution in [2.24, 2.45) is 0 Å². The third-order valence-corrected chi connectivity index (χ3v) is 2.45. The Labute approximate surface area is 83.3 Å². The molecule has 0 saturated carbocycles. The first-order chi connectivity index (χ1) is 6.18. The van der Waals surface area contributed by atoms with E-state index in [0.29, 0.717) is 11.0 Å². The summed E-state index contributed by atoms with van der Waals surface area (Å²) in [6.07, 6.45) is 1.41. The van der Waals surface area contributed by atoms with Crippen LogP contribution < -0.4 is 5.43 Å². The highest BCUT2D eigenvalue weighted by molar-refractivity contribution is 9.10.